The summed E-state index contributed by atoms with van der Waals surface area (Å²) in [6.45, 7) is 2.06. The maximum atomic E-state index is 12.4. The van der Waals surface area contributed by atoms with Gasteiger partial charge in [-0.2, -0.15) is 24.9 Å². The standard InChI is InChI=1S/C12H16F3NS/c1-3-17-8-11(16-2)9-4-6-10(7-5-9)12(13,14)15/h4-7,11,16H,3,8H2,1-2H3. The Bertz CT molecular complexity index is 335. The van der Waals surface area contributed by atoms with Crippen molar-refractivity contribution in [1.29, 1.82) is 0 Å². The van der Waals surface area contributed by atoms with Crippen molar-refractivity contribution in [1.82, 2.24) is 5.32 Å². The zero-order valence-electron chi connectivity index (χ0n) is 9.84. The largest absolute Gasteiger partial charge is 0.416 e. The van der Waals surface area contributed by atoms with Crippen LogP contribution < -0.4 is 5.32 Å². The molecule has 96 valence electrons. The van der Waals surface area contributed by atoms with Gasteiger partial charge in [0.05, 0.1) is 5.56 Å². The van der Waals surface area contributed by atoms with Gasteiger partial charge in [0.25, 0.3) is 0 Å². The van der Waals surface area contributed by atoms with E-state index in [2.05, 4.69) is 12.2 Å². The lowest BCUT2D eigenvalue weighted by molar-refractivity contribution is -0.137. The monoisotopic (exact) mass is 263 g/mol. The van der Waals surface area contributed by atoms with Crippen LogP contribution in [0.25, 0.3) is 0 Å². The van der Waals surface area contributed by atoms with Gasteiger partial charge >= 0.3 is 6.18 Å². The van der Waals surface area contributed by atoms with Gasteiger partial charge in [0, 0.05) is 11.8 Å². The Morgan fingerprint density at radius 1 is 1.24 bits per heavy atom. The van der Waals surface area contributed by atoms with E-state index in [4.69, 9.17) is 0 Å². The van der Waals surface area contributed by atoms with E-state index in [0.29, 0.717) is 0 Å². The number of thioether (sulfide) groups is 1. The highest BCUT2D eigenvalue weighted by molar-refractivity contribution is 7.99. The summed E-state index contributed by atoms with van der Waals surface area (Å²) in [4.78, 5) is 0. The van der Waals surface area contributed by atoms with Crippen LogP contribution in [0.2, 0.25) is 0 Å². The minimum atomic E-state index is -4.26. The van der Waals surface area contributed by atoms with Gasteiger partial charge in [-0.3, -0.25) is 0 Å². The second-order valence-corrected chi connectivity index (χ2v) is 4.94. The van der Waals surface area contributed by atoms with Crippen LogP contribution in [0.1, 0.15) is 24.1 Å². The number of benzene rings is 1. The number of hydrogen-bond acceptors (Lipinski definition) is 2. The highest BCUT2D eigenvalue weighted by atomic mass is 32.2. The van der Waals surface area contributed by atoms with Gasteiger partial charge in [-0.05, 0) is 30.5 Å². The molecule has 0 heterocycles. The number of hydrogen-bond donors (Lipinski definition) is 1. The Balaban J connectivity index is 2.78. The second-order valence-electron chi connectivity index (χ2n) is 3.62. The van der Waals surface area contributed by atoms with Gasteiger partial charge in [-0.25, -0.2) is 0 Å². The van der Waals surface area contributed by atoms with E-state index in [1.165, 1.54) is 0 Å². The summed E-state index contributed by atoms with van der Waals surface area (Å²) in [5.74, 6) is 1.86. The lowest BCUT2D eigenvalue weighted by Crippen LogP contribution is -2.19. The molecule has 1 aromatic rings. The fraction of sp³-hybridized carbons (Fsp3) is 0.500. The first kappa shape index (κ1) is 14.4. The Kier molecular flexibility index (Phi) is 5.33. The van der Waals surface area contributed by atoms with E-state index >= 15 is 0 Å². The molecule has 1 rings (SSSR count). The molecule has 5 heteroatoms. The van der Waals surface area contributed by atoms with Gasteiger partial charge in [-0.15, -0.1) is 0 Å². The van der Waals surface area contributed by atoms with Crippen molar-refractivity contribution in [3.05, 3.63) is 35.4 Å². The second kappa shape index (κ2) is 6.31. The van der Waals surface area contributed by atoms with Crippen molar-refractivity contribution < 1.29 is 13.2 Å². The van der Waals surface area contributed by atoms with E-state index in [0.717, 1.165) is 29.2 Å². The number of alkyl halides is 3. The first-order chi connectivity index (χ1) is 7.99. The molecule has 1 N–H and O–H groups in total. The number of rotatable bonds is 5. The average molecular weight is 263 g/mol. The summed E-state index contributed by atoms with van der Waals surface area (Å²) < 4.78 is 37.2. The van der Waals surface area contributed by atoms with Crippen LogP contribution >= 0.6 is 11.8 Å². The van der Waals surface area contributed by atoms with Crippen molar-refractivity contribution in [2.75, 3.05) is 18.6 Å². The molecule has 0 aromatic heterocycles. The number of halogens is 3. The molecule has 1 aromatic carbocycles. The SMILES string of the molecule is CCSCC(NC)c1ccc(C(F)(F)F)cc1. The molecule has 0 bridgehead atoms. The summed E-state index contributed by atoms with van der Waals surface area (Å²) in [6, 6.07) is 5.45. The number of nitrogens with one attached hydrogen (secondary N) is 1. The van der Waals surface area contributed by atoms with Crippen LogP contribution in [-0.2, 0) is 6.18 Å². The van der Waals surface area contributed by atoms with Crippen molar-refractivity contribution in [3.63, 3.8) is 0 Å². The summed E-state index contributed by atoms with van der Waals surface area (Å²) in [7, 11) is 1.82. The fourth-order valence-corrected chi connectivity index (χ4v) is 2.32. The predicted octanol–water partition coefficient (Wildman–Crippen LogP) is 3.72. The first-order valence-corrected chi connectivity index (χ1v) is 6.56. The van der Waals surface area contributed by atoms with Crippen LogP contribution in [-0.4, -0.2) is 18.6 Å². The van der Waals surface area contributed by atoms with E-state index in [1.807, 2.05) is 7.05 Å². The molecule has 0 spiro atoms. The Morgan fingerprint density at radius 2 is 1.82 bits per heavy atom. The fourth-order valence-electron chi connectivity index (χ4n) is 1.49. The topological polar surface area (TPSA) is 12.0 Å². The minimum absolute atomic E-state index is 0.0993. The summed E-state index contributed by atoms with van der Waals surface area (Å²) in [6.07, 6.45) is -4.26. The van der Waals surface area contributed by atoms with Gasteiger partial charge in [0.15, 0.2) is 0 Å². The summed E-state index contributed by atoms with van der Waals surface area (Å²) in [5, 5.41) is 3.11. The van der Waals surface area contributed by atoms with E-state index in [9.17, 15) is 13.2 Å². The van der Waals surface area contributed by atoms with Gasteiger partial charge < -0.3 is 5.32 Å². The van der Waals surface area contributed by atoms with Crippen LogP contribution in [0.5, 0.6) is 0 Å². The van der Waals surface area contributed by atoms with Crippen molar-refractivity contribution >= 4 is 11.8 Å². The molecule has 0 aliphatic carbocycles. The highest BCUT2D eigenvalue weighted by Crippen LogP contribution is 2.30. The first-order valence-electron chi connectivity index (χ1n) is 5.41. The Labute approximate surface area is 104 Å². The minimum Gasteiger partial charge on any atom is -0.312 e. The third kappa shape index (κ3) is 4.24. The highest BCUT2D eigenvalue weighted by Gasteiger charge is 2.30. The van der Waals surface area contributed by atoms with Crippen molar-refractivity contribution in [3.8, 4) is 0 Å². The smallest absolute Gasteiger partial charge is 0.312 e. The summed E-state index contributed by atoms with van der Waals surface area (Å²) >= 11 is 1.76. The lowest BCUT2D eigenvalue weighted by atomic mass is 10.1. The molecule has 1 atom stereocenters. The Morgan fingerprint density at radius 3 is 2.24 bits per heavy atom. The van der Waals surface area contributed by atoms with Gasteiger partial charge in [0.1, 0.15) is 0 Å². The van der Waals surface area contributed by atoms with E-state index in [-0.39, 0.29) is 6.04 Å². The van der Waals surface area contributed by atoms with Crippen LogP contribution in [0.4, 0.5) is 13.2 Å². The van der Waals surface area contributed by atoms with Crippen molar-refractivity contribution in [2.24, 2.45) is 0 Å². The molecular formula is C12H16F3NS. The molecule has 1 nitrogen and oxygen atoms in total. The predicted molar refractivity (Wildman–Crippen MR) is 66.2 cm³/mol. The normalized spacial score (nSPS) is 13.7. The third-order valence-corrected chi connectivity index (χ3v) is 3.45. The zero-order chi connectivity index (χ0) is 12.9. The molecule has 0 aliphatic rings. The third-order valence-electron chi connectivity index (χ3n) is 2.48. The molecule has 0 fully saturated rings. The van der Waals surface area contributed by atoms with Gasteiger partial charge in [0.2, 0.25) is 0 Å². The average Bonchev–Trinajstić information content (AvgIpc) is 2.29. The van der Waals surface area contributed by atoms with Crippen LogP contribution in [0.3, 0.4) is 0 Å². The maximum absolute atomic E-state index is 12.4. The molecule has 0 saturated carbocycles. The van der Waals surface area contributed by atoms with Crippen molar-refractivity contribution in [2.45, 2.75) is 19.1 Å². The molecular weight excluding hydrogens is 247 g/mol. The zero-order valence-corrected chi connectivity index (χ0v) is 10.7. The van der Waals surface area contributed by atoms with Crippen LogP contribution in [0.15, 0.2) is 24.3 Å². The molecule has 0 radical (unpaired) electrons. The molecule has 17 heavy (non-hydrogen) atoms. The Hall–Kier alpha value is -0.680. The lowest BCUT2D eigenvalue weighted by Gasteiger charge is -2.16. The molecule has 0 amide bonds. The van der Waals surface area contributed by atoms with Crippen LogP contribution in [0, 0.1) is 0 Å². The summed E-state index contributed by atoms with van der Waals surface area (Å²) in [5.41, 5.74) is 0.292. The van der Waals surface area contributed by atoms with E-state index < -0.39 is 11.7 Å². The maximum Gasteiger partial charge on any atom is 0.416 e. The quantitative estimate of drug-likeness (QED) is 0.869. The van der Waals surface area contributed by atoms with E-state index in [1.54, 1.807) is 23.9 Å². The molecule has 0 saturated heterocycles. The molecule has 1 unspecified atom stereocenters. The van der Waals surface area contributed by atoms with Gasteiger partial charge in [-0.1, -0.05) is 19.1 Å². The molecule has 0 aliphatic heterocycles.